The second-order valence-electron chi connectivity index (χ2n) is 5.56. The van der Waals surface area contributed by atoms with Crippen molar-refractivity contribution in [2.24, 2.45) is 5.92 Å². The second-order valence-corrected chi connectivity index (χ2v) is 5.56. The van der Waals surface area contributed by atoms with Crippen molar-refractivity contribution in [3.05, 3.63) is 29.3 Å². The first kappa shape index (κ1) is 15.5. The molecule has 0 radical (unpaired) electrons. The Balaban J connectivity index is 2.82. The molecule has 2 N–H and O–H groups in total. The highest BCUT2D eigenvalue weighted by Crippen LogP contribution is 2.19. The molecule has 0 aliphatic heterocycles. The minimum Gasteiger partial charge on any atom is -0.382 e. The van der Waals surface area contributed by atoms with Gasteiger partial charge in [0, 0.05) is 23.8 Å². The van der Waals surface area contributed by atoms with E-state index in [2.05, 4.69) is 38.3 Å². The molecule has 0 saturated heterocycles. The maximum Gasteiger partial charge on any atom is 0.251 e. The Hall–Kier alpha value is -1.51. The fourth-order valence-corrected chi connectivity index (χ4v) is 2.21. The zero-order valence-corrected chi connectivity index (χ0v) is 12.7. The highest BCUT2D eigenvalue weighted by molar-refractivity contribution is 5.95. The summed E-state index contributed by atoms with van der Waals surface area (Å²) < 4.78 is 0. The molecule has 0 bridgehead atoms. The summed E-state index contributed by atoms with van der Waals surface area (Å²) in [4.78, 5) is 11.8. The molecular weight excluding hydrogens is 236 g/mol. The van der Waals surface area contributed by atoms with Crippen molar-refractivity contribution in [2.75, 3.05) is 11.9 Å². The maximum absolute atomic E-state index is 11.8. The summed E-state index contributed by atoms with van der Waals surface area (Å²) in [6, 6.07) is 6.22. The minimum atomic E-state index is -0.0120. The third kappa shape index (κ3) is 4.93. The van der Waals surface area contributed by atoms with E-state index < -0.39 is 0 Å². The third-order valence-electron chi connectivity index (χ3n) is 3.06. The smallest absolute Gasteiger partial charge is 0.251 e. The van der Waals surface area contributed by atoms with Gasteiger partial charge in [-0.2, -0.15) is 0 Å². The third-order valence-corrected chi connectivity index (χ3v) is 3.06. The van der Waals surface area contributed by atoms with Gasteiger partial charge < -0.3 is 10.6 Å². The summed E-state index contributed by atoms with van der Waals surface area (Å²) in [7, 11) is 0. The molecule has 0 saturated carbocycles. The van der Waals surface area contributed by atoms with Crippen LogP contribution >= 0.6 is 0 Å². The van der Waals surface area contributed by atoms with Gasteiger partial charge in [-0.25, -0.2) is 0 Å². The number of nitrogens with one attached hydrogen (secondary N) is 2. The summed E-state index contributed by atoms with van der Waals surface area (Å²) >= 11 is 0. The number of hydrogen-bond donors (Lipinski definition) is 2. The first-order chi connectivity index (χ1) is 8.93. The molecule has 0 aliphatic carbocycles. The molecule has 1 aromatic carbocycles. The van der Waals surface area contributed by atoms with Crippen LogP contribution < -0.4 is 10.6 Å². The lowest BCUT2D eigenvalue weighted by Gasteiger charge is -2.19. The normalized spacial score (nSPS) is 12.3. The van der Waals surface area contributed by atoms with Gasteiger partial charge in [-0.3, -0.25) is 4.79 Å². The van der Waals surface area contributed by atoms with Crippen LogP contribution in [0, 0.1) is 12.8 Å². The molecule has 3 nitrogen and oxygen atoms in total. The van der Waals surface area contributed by atoms with Crippen molar-refractivity contribution in [3.63, 3.8) is 0 Å². The van der Waals surface area contributed by atoms with Crippen LogP contribution in [0.4, 0.5) is 5.69 Å². The predicted molar refractivity (Wildman–Crippen MR) is 81.7 cm³/mol. The predicted octanol–water partition coefficient (Wildman–Crippen LogP) is 3.59. The average Bonchev–Trinajstić information content (AvgIpc) is 2.31. The number of aryl methyl sites for hydroxylation is 1. The van der Waals surface area contributed by atoms with Crippen LogP contribution in [0.2, 0.25) is 0 Å². The summed E-state index contributed by atoms with van der Waals surface area (Å²) in [6.07, 6.45) is 1.12. The number of rotatable bonds is 6. The quantitative estimate of drug-likeness (QED) is 0.822. The molecule has 3 heteroatoms. The second kappa shape index (κ2) is 7.17. The first-order valence-corrected chi connectivity index (χ1v) is 7.09. The Morgan fingerprint density at radius 3 is 2.53 bits per heavy atom. The molecule has 0 heterocycles. The monoisotopic (exact) mass is 262 g/mol. The van der Waals surface area contributed by atoms with E-state index in [1.165, 1.54) is 5.56 Å². The van der Waals surface area contributed by atoms with Crippen molar-refractivity contribution in [3.8, 4) is 0 Å². The Morgan fingerprint density at radius 2 is 1.95 bits per heavy atom. The Morgan fingerprint density at radius 1 is 1.26 bits per heavy atom. The molecule has 0 fully saturated rings. The lowest BCUT2D eigenvalue weighted by Crippen LogP contribution is -2.23. The van der Waals surface area contributed by atoms with Gasteiger partial charge in [0.05, 0.1) is 0 Å². The number of benzene rings is 1. The number of anilines is 1. The summed E-state index contributed by atoms with van der Waals surface area (Å²) in [6.45, 7) is 11.3. The van der Waals surface area contributed by atoms with Crippen LogP contribution in [-0.2, 0) is 0 Å². The van der Waals surface area contributed by atoms with E-state index in [1.54, 1.807) is 0 Å². The Kier molecular flexibility index (Phi) is 5.87. The van der Waals surface area contributed by atoms with Gasteiger partial charge >= 0.3 is 0 Å². The summed E-state index contributed by atoms with van der Waals surface area (Å²) in [5.41, 5.74) is 2.94. The van der Waals surface area contributed by atoms with E-state index in [0.29, 0.717) is 24.1 Å². The van der Waals surface area contributed by atoms with Gasteiger partial charge in [-0.15, -0.1) is 0 Å². The van der Waals surface area contributed by atoms with E-state index in [1.807, 2.05) is 25.1 Å². The average molecular weight is 262 g/mol. The van der Waals surface area contributed by atoms with Crippen LogP contribution in [0.5, 0.6) is 0 Å². The SMILES string of the molecule is CCNC(=O)c1ccc(C)c(NC(C)CC(C)C)c1. The van der Waals surface area contributed by atoms with Gasteiger partial charge in [-0.1, -0.05) is 19.9 Å². The highest BCUT2D eigenvalue weighted by Gasteiger charge is 2.10. The van der Waals surface area contributed by atoms with E-state index in [4.69, 9.17) is 0 Å². The van der Waals surface area contributed by atoms with Crippen LogP contribution in [-0.4, -0.2) is 18.5 Å². The largest absolute Gasteiger partial charge is 0.382 e. The fraction of sp³-hybridized carbons (Fsp3) is 0.562. The van der Waals surface area contributed by atoms with Crippen molar-refractivity contribution < 1.29 is 4.79 Å². The molecule has 1 unspecified atom stereocenters. The van der Waals surface area contributed by atoms with Gasteiger partial charge in [0.25, 0.3) is 5.91 Å². The van der Waals surface area contributed by atoms with Crippen molar-refractivity contribution in [1.82, 2.24) is 5.32 Å². The highest BCUT2D eigenvalue weighted by atomic mass is 16.1. The zero-order chi connectivity index (χ0) is 14.4. The summed E-state index contributed by atoms with van der Waals surface area (Å²) in [5.74, 6) is 0.649. The molecule has 106 valence electrons. The van der Waals surface area contributed by atoms with E-state index >= 15 is 0 Å². The van der Waals surface area contributed by atoms with Crippen LogP contribution in [0.1, 0.15) is 50.0 Å². The molecule has 0 aliphatic rings. The standard InChI is InChI=1S/C16H26N2O/c1-6-17-16(19)14-8-7-12(4)15(10-14)18-13(5)9-11(2)3/h7-8,10-11,13,18H,6,9H2,1-5H3,(H,17,19). The van der Waals surface area contributed by atoms with Crippen LogP contribution in [0.3, 0.4) is 0 Å². The minimum absolute atomic E-state index is 0.0120. The number of hydrogen-bond acceptors (Lipinski definition) is 2. The van der Waals surface area contributed by atoms with E-state index in [9.17, 15) is 4.79 Å². The van der Waals surface area contributed by atoms with Gasteiger partial charge in [0.15, 0.2) is 0 Å². The van der Waals surface area contributed by atoms with E-state index in [0.717, 1.165) is 12.1 Å². The van der Waals surface area contributed by atoms with Crippen LogP contribution in [0.15, 0.2) is 18.2 Å². The Labute approximate surface area is 116 Å². The molecule has 0 aromatic heterocycles. The molecule has 1 atom stereocenters. The molecule has 0 spiro atoms. The van der Waals surface area contributed by atoms with Crippen LogP contribution in [0.25, 0.3) is 0 Å². The molecule has 19 heavy (non-hydrogen) atoms. The van der Waals surface area contributed by atoms with E-state index in [-0.39, 0.29) is 5.91 Å². The van der Waals surface area contributed by atoms with Gasteiger partial charge in [0.1, 0.15) is 0 Å². The van der Waals surface area contributed by atoms with Crippen molar-refractivity contribution >= 4 is 11.6 Å². The summed E-state index contributed by atoms with van der Waals surface area (Å²) in [5, 5.41) is 6.33. The number of carbonyl (C=O) groups is 1. The lowest BCUT2D eigenvalue weighted by atomic mass is 10.0. The molecule has 1 rings (SSSR count). The lowest BCUT2D eigenvalue weighted by molar-refractivity contribution is 0.0956. The maximum atomic E-state index is 11.8. The Bertz CT molecular complexity index is 427. The van der Waals surface area contributed by atoms with Crippen molar-refractivity contribution in [2.45, 2.75) is 47.1 Å². The number of carbonyl (C=O) groups excluding carboxylic acids is 1. The topological polar surface area (TPSA) is 41.1 Å². The molecule has 1 aromatic rings. The van der Waals surface area contributed by atoms with Gasteiger partial charge in [-0.05, 0) is 50.8 Å². The number of amides is 1. The fourth-order valence-electron chi connectivity index (χ4n) is 2.21. The first-order valence-electron chi connectivity index (χ1n) is 7.09. The van der Waals surface area contributed by atoms with Crippen molar-refractivity contribution in [1.29, 1.82) is 0 Å². The molecule has 1 amide bonds. The van der Waals surface area contributed by atoms with Gasteiger partial charge in [0.2, 0.25) is 0 Å². The zero-order valence-electron chi connectivity index (χ0n) is 12.7. The molecular formula is C16H26N2O.